The molecular formula is C28H36N6O6S. The standard InChI is InChI=1S/C28H36N6O6S/c1-6-21(26(38)30-19(12-24(36)37)22(35)16-41-15-18-10-8-7-9-11-18)34-14-23(28(3,4)5)31-25(27(34)39)29-13-20-17(2)32-40-33-20/h7-11,14,19,21H,6,12-13,15-16H2,1-5H3,(H,29,31)(H,30,38)(H,36,37)/t19-,21?/m0/s1. The highest BCUT2D eigenvalue weighted by molar-refractivity contribution is 7.99. The monoisotopic (exact) mass is 584 g/mol. The highest BCUT2D eigenvalue weighted by Gasteiger charge is 2.30. The molecule has 1 unspecified atom stereocenters. The van der Waals surface area contributed by atoms with Gasteiger partial charge in [0.2, 0.25) is 5.91 Å². The quantitative estimate of drug-likeness (QED) is 0.254. The van der Waals surface area contributed by atoms with Crippen molar-refractivity contribution < 1.29 is 24.1 Å². The Hall–Kier alpha value is -4.00. The molecule has 0 aliphatic carbocycles. The van der Waals surface area contributed by atoms with E-state index in [1.807, 2.05) is 51.1 Å². The fourth-order valence-corrected chi connectivity index (χ4v) is 4.87. The van der Waals surface area contributed by atoms with Gasteiger partial charge in [0.05, 0.1) is 30.5 Å². The van der Waals surface area contributed by atoms with E-state index in [1.165, 1.54) is 22.5 Å². The molecule has 1 amide bonds. The van der Waals surface area contributed by atoms with Gasteiger partial charge in [-0.15, -0.1) is 11.8 Å². The molecule has 220 valence electrons. The van der Waals surface area contributed by atoms with Crippen LogP contribution >= 0.6 is 11.8 Å². The maximum atomic E-state index is 13.5. The van der Waals surface area contributed by atoms with Crippen molar-refractivity contribution in [3.05, 3.63) is 69.5 Å². The number of carboxylic acid groups (broad SMARTS) is 1. The Morgan fingerprint density at radius 3 is 2.44 bits per heavy atom. The lowest BCUT2D eigenvalue weighted by molar-refractivity contribution is -0.140. The predicted octanol–water partition coefficient (Wildman–Crippen LogP) is 3.26. The normalized spacial score (nSPS) is 12.9. The number of anilines is 1. The Bertz CT molecular complexity index is 1420. The van der Waals surface area contributed by atoms with E-state index in [0.717, 1.165) is 5.56 Å². The minimum Gasteiger partial charge on any atom is -0.481 e. The zero-order chi connectivity index (χ0) is 30.2. The van der Waals surface area contributed by atoms with Crippen LogP contribution in [0.25, 0.3) is 0 Å². The van der Waals surface area contributed by atoms with Crippen LogP contribution in [0.5, 0.6) is 0 Å². The molecule has 0 aliphatic rings. The number of thioether (sulfide) groups is 1. The number of hydrogen-bond acceptors (Lipinski definition) is 10. The van der Waals surface area contributed by atoms with Gasteiger partial charge < -0.3 is 15.7 Å². The molecule has 0 saturated heterocycles. The average Bonchev–Trinajstić information content (AvgIpc) is 3.33. The number of nitrogens with one attached hydrogen (secondary N) is 2. The molecule has 1 aromatic carbocycles. The van der Waals surface area contributed by atoms with Crippen LogP contribution in [-0.2, 0) is 32.1 Å². The maximum Gasteiger partial charge on any atom is 0.305 e. The Morgan fingerprint density at radius 1 is 1.15 bits per heavy atom. The van der Waals surface area contributed by atoms with E-state index in [1.54, 1.807) is 13.8 Å². The van der Waals surface area contributed by atoms with E-state index in [2.05, 4.69) is 25.9 Å². The van der Waals surface area contributed by atoms with Crippen molar-refractivity contribution in [1.82, 2.24) is 25.2 Å². The summed E-state index contributed by atoms with van der Waals surface area (Å²) in [5.41, 5.74) is 1.63. The summed E-state index contributed by atoms with van der Waals surface area (Å²) in [4.78, 5) is 56.0. The van der Waals surface area contributed by atoms with Crippen LogP contribution in [-0.4, -0.2) is 54.4 Å². The van der Waals surface area contributed by atoms with Gasteiger partial charge in [0.15, 0.2) is 11.6 Å². The van der Waals surface area contributed by atoms with Gasteiger partial charge in [-0.05, 0) is 18.9 Å². The predicted molar refractivity (Wildman–Crippen MR) is 155 cm³/mol. The van der Waals surface area contributed by atoms with Crippen LogP contribution in [0.3, 0.4) is 0 Å². The number of Topliss-reactive ketones (excluding diaryl/α,β-unsaturated/α-hetero) is 1. The molecule has 13 heteroatoms. The van der Waals surface area contributed by atoms with E-state index < -0.39 is 47.1 Å². The Balaban J connectivity index is 1.83. The number of nitrogens with zero attached hydrogens (tertiary/aromatic N) is 4. The van der Waals surface area contributed by atoms with Crippen molar-refractivity contribution in [2.75, 3.05) is 11.1 Å². The summed E-state index contributed by atoms with van der Waals surface area (Å²) in [7, 11) is 0. The van der Waals surface area contributed by atoms with Gasteiger partial charge >= 0.3 is 5.97 Å². The van der Waals surface area contributed by atoms with Crippen molar-refractivity contribution >= 4 is 35.2 Å². The number of rotatable bonds is 14. The lowest BCUT2D eigenvalue weighted by atomic mass is 9.92. The van der Waals surface area contributed by atoms with Gasteiger partial charge in [-0.25, -0.2) is 9.61 Å². The van der Waals surface area contributed by atoms with Crippen molar-refractivity contribution in [2.24, 2.45) is 0 Å². The summed E-state index contributed by atoms with van der Waals surface area (Å²) >= 11 is 1.34. The lowest BCUT2D eigenvalue weighted by Crippen LogP contribution is -2.47. The summed E-state index contributed by atoms with van der Waals surface area (Å²) in [5.74, 6) is -1.65. The molecule has 41 heavy (non-hydrogen) atoms. The number of benzene rings is 1. The number of aliphatic carboxylic acids is 1. The van der Waals surface area contributed by atoms with Crippen molar-refractivity contribution in [3.63, 3.8) is 0 Å². The molecule has 3 rings (SSSR count). The molecule has 0 fully saturated rings. The first-order valence-electron chi connectivity index (χ1n) is 13.2. The second-order valence-electron chi connectivity index (χ2n) is 10.6. The number of carbonyl (C=O) groups is 3. The number of carbonyl (C=O) groups excluding carboxylic acids is 2. The molecule has 0 spiro atoms. The molecular weight excluding hydrogens is 548 g/mol. The van der Waals surface area contributed by atoms with Crippen LogP contribution in [0, 0.1) is 6.92 Å². The largest absolute Gasteiger partial charge is 0.481 e. The van der Waals surface area contributed by atoms with E-state index >= 15 is 0 Å². The third kappa shape index (κ3) is 8.74. The molecule has 2 atom stereocenters. The number of carboxylic acids is 1. The number of aryl methyl sites for hydroxylation is 1. The van der Waals surface area contributed by atoms with Gasteiger partial charge in [-0.1, -0.05) is 68.3 Å². The molecule has 0 aliphatic heterocycles. The molecule has 0 radical (unpaired) electrons. The number of ketones is 1. The van der Waals surface area contributed by atoms with Crippen molar-refractivity contribution in [1.29, 1.82) is 0 Å². The Kier molecular flexibility index (Phi) is 10.8. The Labute approximate surface area is 242 Å². The van der Waals surface area contributed by atoms with Crippen LogP contribution in [0.4, 0.5) is 5.82 Å². The molecule has 0 saturated carbocycles. The summed E-state index contributed by atoms with van der Waals surface area (Å²) in [6, 6.07) is 7.32. The zero-order valence-corrected chi connectivity index (χ0v) is 24.7. The van der Waals surface area contributed by atoms with Gasteiger partial charge in [0, 0.05) is 17.4 Å². The maximum absolute atomic E-state index is 13.5. The van der Waals surface area contributed by atoms with Gasteiger partial charge in [0.1, 0.15) is 17.4 Å². The van der Waals surface area contributed by atoms with Crippen molar-refractivity contribution in [3.8, 4) is 0 Å². The van der Waals surface area contributed by atoms with Crippen LogP contribution in [0.15, 0.2) is 46.0 Å². The zero-order valence-electron chi connectivity index (χ0n) is 23.8. The van der Waals surface area contributed by atoms with Gasteiger partial charge in [0.25, 0.3) is 5.56 Å². The SMILES string of the molecule is CCC(C(=O)N[C@@H](CC(=O)O)C(=O)CSCc1ccccc1)n1cc(C(C)(C)C)nc(NCc2nonc2C)c1=O. The summed E-state index contributed by atoms with van der Waals surface area (Å²) in [6.07, 6.45) is 1.18. The second-order valence-corrected chi connectivity index (χ2v) is 11.6. The highest BCUT2D eigenvalue weighted by Crippen LogP contribution is 2.23. The lowest BCUT2D eigenvalue weighted by Gasteiger charge is -2.25. The van der Waals surface area contributed by atoms with Crippen LogP contribution in [0.2, 0.25) is 0 Å². The number of amides is 1. The summed E-state index contributed by atoms with van der Waals surface area (Å²) in [6.45, 7) is 9.36. The first-order valence-corrected chi connectivity index (χ1v) is 14.4. The highest BCUT2D eigenvalue weighted by atomic mass is 32.2. The van der Waals surface area contributed by atoms with E-state index in [-0.39, 0.29) is 24.5 Å². The minimum absolute atomic E-state index is 0.0153. The van der Waals surface area contributed by atoms with Crippen molar-refractivity contribution in [2.45, 2.75) is 77.3 Å². The summed E-state index contributed by atoms with van der Waals surface area (Å²) in [5, 5.41) is 22.5. The first kappa shape index (κ1) is 31.5. The molecule has 3 aromatic rings. The molecule has 12 nitrogen and oxygen atoms in total. The molecule has 2 heterocycles. The molecule has 3 N–H and O–H groups in total. The fourth-order valence-electron chi connectivity index (χ4n) is 3.94. The molecule has 2 aromatic heterocycles. The molecule has 0 bridgehead atoms. The summed E-state index contributed by atoms with van der Waals surface area (Å²) < 4.78 is 6.00. The Morgan fingerprint density at radius 2 is 1.85 bits per heavy atom. The van der Waals surface area contributed by atoms with Crippen LogP contribution in [0.1, 0.15) is 69.2 Å². The van der Waals surface area contributed by atoms with E-state index in [0.29, 0.717) is 22.8 Å². The average molecular weight is 585 g/mol. The van der Waals surface area contributed by atoms with E-state index in [4.69, 9.17) is 4.63 Å². The number of hydrogen-bond donors (Lipinski definition) is 3. The first-order chi connectivity index (χ1) is 19.4. The van der Waals surface area contributed by atoms with E-state index in [9.17, 15) is 24.3 Å². The fraction of sp³-hybridized carbons (Fsp3) is 0.464. The van der Waals surface area contributed by atoms with Gasteiger partial charge in [-0.3, -0.25) is 23.7 Å². The smallest absolute Gasteiger partial charge is 0.305 e. The topological polar surface area (TPSA) is 169 Å². The second kappa shape index (κ2) is 14.1. The van der Waals surface area contributed by atoms with Crippen LogP contribution < -0.4 is 16.2 Å². The number of aromatic nitrogens is 4. The third-order valence-corrected chi connectivity index (χ3v) is 7.36. The minimum atomic E-state index is -1.24. The third-order valence-electron chi connectivity index (χ3n) is 6.33. The van der Waals surface area contributed by atoms with Gasteiger partial charge in [-0.2, -0.15) is 0 Å².